The van der Waals surface area contributed by atoms with Crippen molar-refractivity contribution in [2.24, 2.45) is 10.1 Å². The minimum absolute atomic E-state index is 0.415. The van der Waals surface area contributed by atoms with Crippen molar-refractivity contribution >= 4 is 11.5 Å². The molecule has 1 aliphatic rings. The number of benzene rings is 2. The van der Waals surface area contributed by atoms with Crippen molar-refractivity contribution in [2.45, 2.75) is 13.5 Å². The van der Waals surface area contributed by atoms with Gasteiger partial charge in [0.15, 0.2) is 11.5 Å². The van der Waals surface area contributed by atoms with Crippen LogP contribution in [0.3, 0.4) is 0 Å². The van der Waals surface area contributed by atoms with Crippen molar-refractivity contribution in [3.05, 3.63) is 65.2 Å². The summed E-state index contributed by atoms with van der Waals surface area (Å²) >= 11 is 0. The lowest BCUT2D eigenvalue weighted by atomic mass is 10.0. The maximum atomic E-state index is 5.99. The molecule has 130 valence electrons. The first-order chi connectivity index (χ1) is 12.3. The van der Waals surface area contributed by atoms with E-state index in [0.717, 1.165) is 22.4 Å². The van der Waals surface area contributed by atoms with Crippen LogP contribution in [0.15, 0.2) is 58.7 Å². The summed E-state index contributed by atoms with van der Waals surface area (Å²) in [6.07, 6.45) is 0. The molecule has 6 nitrogen and oxygen atoms in total. The number of hydroxylamine groups is 1. The fourth-order valence-electron chi connectivity index (χ4n) is 2.54. The highest BCUT2D eigenvalue weighted by Crippen LogP contribution is 2.20. The van der Waals surface area contributed by atoms with Crippen LogP contribution in [0, 0.1) is 6.92 Å². The SMILES string of the molecule is CON=C(C1=NCCON1)c1ccccc1COc1ccccc1C. The van der Waals surface area contributed by atoms with Crippen LogP contribution < -0.4 is 10.2 Å². The van der Waals surface area contributed by atoms with Crippen molar-refractivity contribution in [1.82, 2.24) is 5.48 Å². The molecule has 0 aliphatic carbocycles. The van der Waals surface area contributed by atoms with E-state index < -0.39 is 0 Å². The molecule has 2 aromatic carbocycles. The first-order valence-electron chi connectivity index (χ1n) is 8.10. The van der Waals surface area contributed by atoms with Crippen LogP contribution >= 0.6 is 0 Å². The van der Waals surface area contributed by atoms with Gasteiger partial charge in [-0.15, -0.1) is 0 Å². The Bertz CT molecular complexity index is 787. The van der Waals surface area contributed by atoms with Gasteiger partial charge in [0.25, 0.3) is 0 Å². The van der Waals surface area contributed by atoms with Crippen LogP contribution in [-0.4, -0.2) is 31.8 Å². The van der Waals surface area contributed by atoms with Crippen LogP contribution in [0.4, 0.5) is 0 Å². The van der Waals surface area contributed by atoms with Gasteiger partial charge in [-0.2, -0.15) is 0 Å². The zero-order chi connectivity index (χ0) is 17.5. The van der Waals surface area contributed by atoms with Crippen molar-refractivity contribution in [2.75, 3.05) is 20.3 Å². The average Bonchev–Trinajstić information content (AvgIpc) is 2.66. The third kappa shape index (κ3) is 4.16. The second-order valence-corrected chi connectivity index (χ2v) is 5.51. The highest BCUT2D eigenvalue weighted by atomic mass is 16.6. The number of rotatable bonds is 6. The Morgan fingerprint density at radius 2 is 2.00 bits per heavy atom. The highest BCUT2D eigenvalue weighted by Gasteiger charge is 2.19. The molecule has 0 saturated heterocycles. The molecule has 3 rings (SSSR count). The molecule has 1 aliphatic heterocycles. The van der Waals surface area contributed by atoms with Gasteiger partial charge >= 0.3 is 0 Å². The van der Waals surface area contributed by atoms with Crippen LogP contribution in [0.25, 0.3) is 0 Å². The Kier molecular flexibility index (Phi) is 5.64. The molecule has 0 fully saturated rings. The molecule has 0 amide bonds. The summed E-state index contributed by atoms with van der Waals surface area (Å²) in [4.78, 5) is 14.7. The van der Waals surface area contributed by atoms with Crippen molar-refractivity contribution in [1.29, 1.82) is 0 Å². The lowest BCUT2D eigenvalue weighted by Crippen LogP contribution is -2.37. The molecule has 25 heavy (non-hydrogen) atoms. The monoisotopic (exact) mass is 339 g/mol. The van der Waals surface area contributed by atoms with Crippen LogP contribution in [0.2, 0.25) is 0 Å². The molecule has 6 heteroatoms. The van der Waals surface area contributed by atoms with Gasteiger partial charge in [0.2, 0.25) is 0 Å². The number of ether oxygens (including phenoxy) is 1. The van der Waals surface area contributed by atoms with Gasteiger partial charge in [-0.3, -0.25) is 9.83 Å². The summed E-state index contributed by atoms with van der Waals surface area (Å²) in [7, 11) is 1.51. The Hall–Kier alpha value is -2.86. The largest absolute Gasteiger partial charge is 0.489 e. The summed E-state index contributed by atoms with van der Waals surface area (Å²) in [5.41, 5.74) is 6.36. The normalized spacial score (nSPS) is 14.5. The number of amidine groups is 1. The van der Waals surface area contributed by atoms with Gasteiger partial charge in [-0.05, 0) is 24.1 Å². The lowest BCUT2D eigenvalue weighted by Gasteiger charge is -2.18. The molecule has 0 atom stereocenters. The number of oxime groups is 1. The molecular formula is C19H21N3O3. The van der Waals surface area contributed by atoms with Crippen LogP contribution in [0.5, 0.6) is 5.75 Å². The first kappa shape index (κ1) is 17.0. The number of para-hydroxylation sites is 1. The van der Waals surface area contributed by atoms with Crippen molar-refractivity contribution < 1.29 is 14.4 Å². The Balaban J connectivity index is 1.87. The van der Waals surface area contributed by atoms with E-state index in [0.29, 0.717) is 31.3 Å². The summed E-state index contributed by atoms with van der Waals surface area (Å²) in [5, 5.41) is 4.14. The summed E-state index contributed by atoms with van der Waals surface area (Å²) in [5.74, 6) is 1.41. The molecule has 0 bridgehead atoms. The third-order valence-electron chi connectivity index (χ3n) is 3.79. The van der Waals surface area contributed by atoms with E-state index in [1.54, 1.807) is 0 Å². The molecule has 0 radical (unpaired) electrons. The number of hydrogen-bond acceptors (Lipinski definition) is 6. The molecular weight excluding hydrogens is 318 g/mol. The predicted octanol–water partition coefficient (Wildman–Crippen LogP) is 2.86. The zero-order valence-corrected chi connectivity index (χ0v) is 14.4. The molecule has 2 aromatic rings. The van der Waals surface area contributed by atoms with Crippen molar-refractivity contribution in [3.63, 3.8) is 0 Å². The second-order valence-electron chi connectivity index (χ2n) is 5.51. The second kappa shape index (κ2) is 8.30. The average molecular weight is 339 g/mol. The lowest BCUT2D eigenvalue weighted by molar-refractivity contribution is 0.0836. The van der Waals surface area contributed by atoms with E-state index >= 15 is 0 Å². The highest BCUT2D eigenvalue weighted by molar-refractivity contribution is 6.47. The Morgan fingerprint density at radius 3 is 2.76 bits per heavy atom. The summed E-state index contributed by atoms with van der Waals surface area (Å²) < 4.78 is 5.99. The van der Waals surface area contributed by atoms with Crippen LogP contribution in [-0.2, 0) is 16.3 Å². The third-order valence-corrected chi connectivity index (χ3v) is 3.79. The van der Waals surface area contributed by atoms with Crippen molar-refractivity contribution in [3.8, 4) is 5.75 Å². The van der Waals surface area contributed by atoms with Gasteiger partial charge in [0, 0.05) is 5.56 Å². The molecule has 1 heterocycles. The van der Waals surface area contributed by atoms with E-state index in [4.69, 9.17) is 14.4 Å². The number of nitrogens with zero attached hydrogens (tertiary/aromatic N) is 2. The van der Waals surface area contributed by atoms with Gasteiger partial charge in [-0.25, -0.2) is 5.48 Å². The molecule has 1 N–H and O–H groups in total. The minimum atomic E-state index is 0.415. The van der Waals surface area contributed by atoms with Crippen LogP contribution in [0.1, 0.15) is 16.7 Å². The molecule has 0 saturated carbocycles. The fraction of sp³-hybridized carbons (Fsp3) is 0.263. The maximum Gasteiger partial charge on any atom is 0.175 e. The van der Waals surface area contributed by atoms with Gasteiger partial charge in [0.1, 0.15) is 19.5 Å². The topological polar surface area (TPSA) is 64.4 Å². The number of aliphatic imine (C=N–C) groups is 1. The minimum Gasteiger partial charge on any atom is -0.489 e. The van der Waals surface area contributed by atoms with E-state index in [1.807, 2.05) is 55.5 Å². The predicted molar refractivity (Wildman–Crippen MR) is 96.9 cm³/mol. The number of hydrogen-bond donors (Lipinski definition) is 1. The summed E-state index contributed by atoms with van der Waals surface area (Å²) in [6.45, 7) is 3.55. The number of nitrogens with one attached hydrogen (secondary N) is 1. The Morgan fingerprint density at radius 1 is 1.20 bits per heavy atom. The van der Waals surface area contributed by atoms with E-state index in [9.17, 15) is 0 Å². The maximum absolute atomic E-state index is 5.99. The molecule has 0 unspecified atom stereocenters. The Labute approximate surface area is 147 Å². The molecule has 0 spiro atoms. The van der Waals surface area contributed by atoms with Gasteiger partial charge < -0.3 is 9.57 Å². The first-order valence-corrected chi connectivity index (χ1v) is 8.10. The van der Waals surface area contributed by atoms with E-state index in [2.05, 4.69) is 15.6 Å². The van der Waals surface area contributed by atoms with Gasteiger partial charge in [0.05, 0.1) is 13.2 Å². The van der Waals surface area contributed by atoms with E-state index in [-0.39, 0.29) is 0 Å². The standard InChI is InChI=1S/C19H21N3O3/c1-14-7-3-6-10-17(14)24-13-15-8-4-5-9-16(15)18(21-23-2)19-20-11-12-25-22-19/h3-10H,11-13H2,1-2H3,(H,20,22). The molecule has 0 aromatic heterocycles. The van der Waals surface area contributed by atoms with E-state index in [1.165, 1.54) is 7.11 Å². The van der Waals surface area contributed by atoms with Gasteiger partial charge in [-0.1, -0.05) is 47.6 Å². The fourth-order valence-corrected chi connectivity index (χ4v) is 2.54. The summed E-state index contributed by atoms with van der Waals surface area (Å²) in [6, 6.07) is 15.8. The zero-order valence-electron chi connectivity index (χ0n) is 14.4. The number of aryl methyl sites for hydroxylation is 1. The quantitative estimate of drug-likeness (QED) is 0.649. The smallest absolute Gasteiger partial charge is 0.175 e.